The minimum Gasteiger partial charge on any atom is -0.210 e. The van der Waals surface area contributed by atoms with E-state index < -0.39 is 15.8 Å². The maximum atomic E-state index is 13.8. The molecule has 0 bridgehead atoms. The first-order chi connectivity index (χ1) is 9.30. The van der Waals surface area contributed by atoms with Gasteiger partial charge in [-0.2, -0.15) is 0 Å². The summed E-state index contributed by atoms with van der Waals surface area (Å²) in [6.07, 6.45) is 1.67. The third-order valence-electron chi connectivity index (χ3n) is 3.60. The predicted octanol–water partition coefficient (Wildman–Crippen LogP) is 4.07. The van der Waals surface area contributed by atoms with Gasteiger partial charge in [0.15, 0.2) is 0 Å². The van der Waals surface area contributed by atoms with Crippen LogP contribution in [0.25, 0.3) is 0 Å². The lowest BCUT2D eigenvalue weighted by molar-refractivity contribution is 0.309. The summed E-state index contributed by atoms with van der Waals surface area (Å²) >= 11 is 6.53. The molecule has 0 saturated carbocycles. The number of sulfonamides is 1. The third-order valence-corrected chi connectivity index (χ3v) is 6.72. The van der Waals surface area contributed by atoms with Crippen LogP contribution in [0.15, 0.2) is 27.6 Å². The SMILES string of the molecule is CCC(CC)(CBr)CNS(=O)(=O)c1ccc(Br)cc1F. The molecule has 7 heteroatoms. The Hall–Kier alpha value is 0.0200. The summed E-state index contributed by atoms with van der Waals surface area (Å²) in [5, 5.41) is 0.693. The molecule has 0 fully saturated rings. The zero-order valence-electron chi connectivity index (χ0n) is 11.4. The summed E-state index contributed by atoms with van der Waals surface area (Å²) in [5.74, 6) is -0.760. The van der Waals surface area contributed by atoms with Gasteiger partial charge in [-0.15, -0.1) is 0 Å². The molecule has 0 heterocycles. The van der Waals surface area contributed by atoms with Crippen molar-refractivity contribution >= 4 is 41.9 Å². The van der Waals surface area contributed by atoms with E-state index in [1.54, 1.807) is 0 Å². The summed E-state index contributed by atoms with van der Waals surface area (Å²) in [4.78, 5) is -0.323. The summed E-state index contributed by atoms with van der Waals surface area (Å²) in [5.41, 5.74) is -0.154. The Bertz CT molecular complexity index is 551. The summed E-state index contributed by atoms with van der Waals surface area (Å²) in [6, 6.07) is 3.91. The van der Waals surface area contributed by atoms with Gasteiger partial charge in [0.1, 0.15) is 10.7 Å². The standard InChI is InChI=1S/C13H18Br2FNO2S/c1-3-13(4-2,8-14)9-17-20(18,19)12-6-5-10(15)7-11(12)16/h5-7,17H,3-4,8-9H2,1-2H3. The van der Waals surface area contributed by atoms with Gasteiger partial charge in [-0.25, -0.2) is 17.5 Å². The molecule has 0 aliphatic carbocycles. The molecule has 20 heavy (non-hydrogen) atoms. The number of nitrogens with one attached hydrogen (secondary N) is 1. The molecule has 114 valence electrons. The molecular formula is C13H18Br2FNO2S. The Balaban J connectivity index is 2.96. The average molecular weight is 431 g/mol. The first kappa shape index (κ1) is 18.1. The summed E-state index contributed by atoms with van der Waals surface area (Å²) in [7, 11) is -3.84. The van der Waals surface area contributed by atoms with Crippen molar-refractivity contribution in [1.82, 2.24) is 4.72 Å². The quantitative estimate of drug-likeness (QED) is 0.662. The number of hydrogen-bond acceptors (Lipinski definition) is 2. The van der Waals surface area contributed by atoms with E-state index in [2.05, 4.69) is 36.6 Å². The van der Waals surface area contributed by atoms with Crippen LogP contribution < -0.4 is 4.72 Å². The van der Waals surface area contributed by atoms with Crippen LogP contribution >= 0.6 is 31.9 Å². The highest BCUT2D eigenvalue weighted by atomic mass is 79.9. The maximum Gasteiger partial charge on any atom is 0.243 e. The van der Waals surface area contributed by atoms with Gasteiger partial charge in [0, 0.05) is 16.3 Å². The second-order valence-electron chi connectivity index (χ2n) is 4.74. The van der Waals surface area contributed by atoms with Gasteiger partial charge >= 0.3 is 0 Å². The Morgan fingerprint density at radius 3 is 2.35 bits per heavy atom. The van der Waals surface area contributed by atoms with E-state index in [1.807, 2.05) is 13.8 Å². The highest BCUT2D eigenvalue weighted by Crippen LogP contribution is 2.28. The second-order valence-corrected chi connectivity index (χ2v) is 7.95. The van der Waals surface area contributed by atoms with Gasteiger partial charge in [0.05, 0.1) is 0 Å². The Morgan fingerprint density at radius 2 is 1.90 bits per heavy atom. The molecule has 3 nitrogen and oxygen atoms in total. The van der Waals surface area contributed by atoms with E-state index in [-0.39, 0.29) is 16.9 Å². The van der Waals surface area contributed by atoms with Crippen LogP contribution in [0.4, 0.5) is 4.39 Å². The summed E-state index contributed by atoms with van der Waals surface area (Å²) < 4.78 is 41.1. The molecule has 0 aliphatic rings. The minimum atomic E-state index is -3.84. The Labute approximate surface area is 136 Å². The molecule has 0 aliphatic heterocycles. The first-order valence-electron chi connectivity index (χ1n) is 6.31. The maximum absolute atomic E-state index is 13.8. The third kappa shape index (κ3) is 4.26. The Kier molecular flexibility index (Phi) is 6.63. The van der Waals surface area contributed by atoms with Crippen molar-refractivity contribution in [2.45, 2.75) is 31.6 Å². The van der Waals surface area contributed by atoms with Crippen molar-refractivity contribution in [3.8, 4) is 0 Å². The number of rotatable bonds is 7. The molecule has 0 unspecified atom stereocenters. The van der Waals surface area contributed by atoms with Crippen molar-refractivity contribution < 1.29 is 12.8 Å². The van der Waals surface area contributed by atoms with Gasteiger partial charge in [-0.3, -0.25) is 0 Å². The molecule has 0 spiro atoms. The zero-order valence-corrected chi connectivity index (χ0v) is 15.4. The fourth-order valence-electron chi connectivity index (χ4n) is 1.76. The van der Waals surface area contributed by atoms with E-state index in [0.717, 1.165) is 18.9 Å². The molecule has 1 rings (SSSR count). The van der Waals surface area contributed by atoms with Gasteiger partial charge in [-0.1, -0.05) is 45.7 Å². The Morgan fingerprint density at radius 1 is 1.30 bits per heavy atom. The predicted molar refractivity (Wildman–Crippen MR) is 86.1 cm³/mol. The van der Waals surface area contributed by atoms with E-state index >= 15 is 0 Å². The molecule has 1 aromatic rings. The van der Waals surface area contributed by atoms with Crippen LogP contribution in [0.2, 0.25) is 0 Å². The van der Waals surface area contributed by atoms with E-state index in [9.17, 15) is 12.8 Å². The molecule has 0 amide bonds. The smallest absolute Gasteiger partial charge is 0.210 e. The van der Waals surface area contributed by atoms with Crippen LogP contribution in [0.1, 0.15) is 26.7 Å². The number of alkyl halides is 1. The molecular weight excluding hydrogens is 413 g/mol. The monoisotopic (exact) mass is 429 g/mol. The zero-order chi connectivity index (χ0) is 15.4. The van der Waals surface area contributed by atoms with Crippen molar-refractivity contribution in [3.63, 3.8) is 0 Å². The first-order valence-corrected chi connectivity index (χ1v) is 9.70. The van der Waals surface area contributed by atoms with Crippen LogP contribution in [-0.4, -0.2) is 20.3 Å². The number of benzene rings is 1. The van der Waals surface area contributed by atoms with Gasteiger partial charge < -0.3 is 0 Å². The molecule has 1 aromatic carbocycles. The fraction of sp³-hybridized carbons (Fsp3) is 0.538. The van der Waals surface area contributed by atoms with Crippen LogP contribution in [0.3, 0.4) is 0 Å². The molecule has 0 atom stereocenters. The van der Waals surface area contributed by atoms with E-state index in [1.165, 1.54) is 12.1 Å². The molecule has 0 aromatic heterocycles. The van der Waals surface area contributed by atoms with Crippen LogP contribution in [0, 0.1) is 11.2 Å². The average Bonchev–Trinajstić information content (AvgIpc) is 2.40. The lowest BCUT2D eigenvalue weighted by Crippen LogP contribution is -2.38. The lowest BCUT2D eigenvalue weighted by Gasteiger charge is -2.29. The van der Waals surface area contributed by atoms with Gasteiger partial charge in [-0.05, 0) is 36.5 Å². The fourth-order valence-corrected chi connectivity index (χ4v) is 4.29. The van der Waals surface area contributed by atoms with Crippen molar-refractivity contribution in [3.05, 3.63) is 28.5 Å². The molecule has 0 radical (unpaired) electrons. The summed E-state index contributed by atoms with van der Waals surface area (Å²) in [6.45, 7) is 4.31. The van der Waals surface area contributed by atoms with Gasteiger partial charge in [0.2, 0.25) is 10.0 Å². The second kappa shape index (κ2) is 7.33. The minimum absolute atomic E-state index is 0.154. The van der Waals surface area contributed by atoms with Crippen molar-refractivity contribution in [1.29, 1.82) is 0 Å². The normalized spacial score (nSPS) is 12.7. The number of hydrogen-bond donors (Lipinski definition) is 1. The van der Waals surface area contributed by atoms with Gasteiger partial charge in [0.25, 0.3) is 0 Å². The lowest BCUT2D eigenvalue weighted by atomic mass is 9.85. The highest BCUT2D eigenvalue weighted by Gasteiger charge is 2.28. The molecule has 1 N–H and O–H groups in total. The van der Waals surface area contributed by atoms with E-state index in [4.69, 9.17) is 0 Å². The largest absolute Gasteiger partial charge is 0.243 e. The highest BCUT2D eigenvalue weighted by molar-refractivity contribution is 9.10. The van der Waals surface area contributed by atoms with Crippen molar-refractivity contribution in [2.24, 2.45) is 5.41 Å². The van der Waals surface area contributed by atoms with Crippen LogP contribution in [-0.2, 0) is 10.0 Å². The molecule has 0 saturated heterocycles. The topological polar surface area (TPSA) is 46.2 Å². The van der Waals surface area contributed by atoms with Crippen LogP contribution in [0.5, 0.6) is 0 Å². The number of halogens is 3. The van der Waals surface area contributed by atoms with Crippen molar-refractivity contribution in [2.75, 3.05) is 11.9 Å². The van der Waals surface area contributed by atoms with E-state index in [0.29, 0.717) is 9.80 Å².